The third-order valence-electron chi connectivity index (χ3n) is 7.58. The SMILES string of the molecule is C=C(C)[C@@H](O)Cc1cc(C(=O)Nc2c(O)c3ccc(O[C@@H]4OC(C)(C)[C@H](OC)[C@@H](OC(N)=O)[C@H]4O)c(C)c3oc2=O)ccc1O. The van der Waals surface area contributed by atoms with E-state index >= 15 is 0 Å². The molecule has 2 aromatic carbocycles. The third kappa shape index (κ3) is 6.73. The Morgan fingerprint density at radius 1 is 1.20 bits per heavy atom. The number of phenolic OH excluding ortho intramolecular Hbond substituents is 1. The summed E-state index contributed by atoms with van der Waals surface area (Å²) in [6.45, 7) is 10.1. The average Bonchev–Trinajstić information content (AvgIpc) is 2.95. The minimum Gasteiger partial charge on any atom is -0.508 e. The molecule has 1 fully saturated rings. The molecule has 14 heteroatoms. The summed E-state index contributed by atoms with van der Waals surface area (Å²) in [5, 5.41) is 44.6. The molecule has 3 aromatic rings. The number of primary amides is 1. The van der Waals surface area contributed by atoms with E-state index in [2.05, 4.69) is 11.9 Å². The van der Waals surface area contributed by atoms with Crippen LogP contribution in [0.2, 0.25) is 0 Å². The van der Waals surface area contributed by atoms with Gasteiger partial charge in [-0.15, -0.1) is 0 Å². The topological polar surface area (TPSA) is 220 Å². The lowest BCUT2D eigenvalue weighted by atomic mass is 9.89. The predicted octanol–water partition coefficient (Wildman–Crippen LogP) is 2.60. The molecule has 1 saturated heterocycles. The highest BCUT2D eigenvalue weighted by Crippen LogP contribution is 2.38. The van der Waals surface area contributed by atoms with E-state index in [-0.39, 0.29) is 45.6 Å². The summed E-state index contributed by atoms with van der Waals surface area (Å²) in [6.07, 6.45) is -7.12. The van der Waals surface area contributed by atoms with E-state index in [0.717, 1.165) is 0 Å². The highest BCUT2D eigenvalue weighted by Gasteiger charge is 2.53. The fourth-order valence-electron chi connectivity index (χ4n) is 5.13. The number of phenols is 1. The maximum Gasteiger partial charge on any atom is 0.404 e. The summed E-state index contributed by atoms with van der Waals surface area (Å²) in [5.74, 6) is -1.40. The standard InChI is InChI=1S/C31H36N2O12/c1-13(2)19(35)12-16-11-15(7-9-18(16)34)27(38)33-21-22(36)17-8-10-20(14(3)24(17)43-28(21)39)42-29-23(37)25(44-30(32)40)26(41-6)31(4,5)45-29/h7-11,19,23,25-26,29,34-37H,1,12H2,2-6H3,(H2,32,40)(H,33,38)/t19-,23+,25-,26+,29+/m0/s1. The van der Waals surface area contributed by atoms with Gasteiger partial charge in [0.15, 0.2) is 23.6 Å². The van der Waals surface area contributed by atoms with E-state index in [9.17, 15) is 34.8 Å². The number of hydrogen-bond acceptors (Lipinski definition) is 12. The first-order chi connectivity index (χ1) is 21.0. The lowest BCUT2D eigenvalue weighted by molar-refractivity contribution is -0.304. The number of carbonyl (C=O) groups excluding carboxylic acids is 2. The van der Waals surface area contributed by atoms with E-state index in [4.69, 9.17) is 29.1 Å². The number of benzene rings is 2. The maximum atomic E-state index is 13.0. The van der Waals surface area contributed by atoms with Crippen molar-refractivity contribution in [3.63, 3.8) is 0 Å². The summed E-state index contributed by atoms with van der Waals surface area (Å²) in [7, 11) is 1.36. The minimum atomic E-state index is -1.53. The number of aliphatic hydroxyl groups excluding tert-OH is 2. The van der Waals surface area contributed by atoms with Crippen LogP contribution in [-0.2, 0) is 20.6 Å². The van der Waals surface area contributed by atoms with Gasteiger partial charge in [-0.3, -0.25) is 4.79 Å². The van der Waals surface area contributed by atoms with E-state index in [1.54, 1.807) is 20.8 Å². The largest absolute Gasteiger partial charge is 0.508 e. The number of rotatable bonds is 9. The molecule has 1 aliphatic heterocycles. The summed E-state index contributed by atoms with van der Waals surface area (Å²) < 4.78 is 27.8. The highest BCUT2D eigenvalue weighted by molar-refractivity contribution is 6.06. The number of hydrogen-bond donors (Lipinski definition) is 6. The summed E-state index contributed by atoms with van der Waals surface area (Å²) >= 11 is 0. The lowest BCUT2D eigenvalue weighted by Gasteiger charge is -2.47. The van der Waals surface area contributed by atoms with Crippen LogP contribution in [0.3, 0.4) is 0 Å². The molecular weight excluding hydrogens is 592 g/mol. The second kappa shape index (κ2) is 12.8. The Balaban J connectivity index is 1.62. The van der Waals surface area contributed by atoms with Crippen molar-refractivity contribution >= 4 is 28.7 Å². The molecule has 45 heavy (non-hydrogen) atoms. The number of anilines is 1. The molecule has 0 spiro atoms. The van der Waals surface area contributed by atoms with E-state index in [1.165, 1.54) is 44.4 Å². The molecule has 242 valence electrons. The number of aliphatic hydroxyl groups is 2. The first kappa shape index (κ1) is 33.3. The summed E-state index contributed by atoms with van der Waals surface area (Å²) in [5.41, 5.74) is 3.45. The number of ether oxygens (including phenoxy) is 4. The molecule has 1 aromatic heterocycles. The van der Waals surface area contributed by atoms with Gasteiger partial charge < -0.3 is 54.8 Å². The Hall–Kier alpha value is -4.63. The molecule has 0 bridgehead atoms. The highest BCUT2D eigenvalue weighted by atomic mass is 16.7. The van der Waals surface area contributed by atoms with Gasteiger partial charge in [0.1, 0.15) is 23.2 Å². The molecule has 0 unspecified atom stereocenters. The number of nitrogens with two attached hydrogens (primary N) is 1. The van der Waals surface area contributed by atoms with Crippen LogP contribution in [-0.4, -0.2) is 75.8 Å². The number of carbonyl (C=O) groups is 2. The fourth-order valence-corrected chi connectivity index (χ4v) is 5.13. The molecule has 2 amide bonds. The van der Waals surface area contributed by atoms with Crippen LogP contribution in [0, 0.1) is 6.92 Å². The van der Waals surface area contributed by atoms with Crippen molar-refractivity contribution in [3.8, 4) is 17.2 Å². The number of aryl methyl sites for hydroxylation is 1. The van der Waals surface area contributed by atoms with Crippen LogP contribution in [0.25, 0.3) is 11.0 Å². The maximum absolute atomic E-state index is 13.0. The Morgan fingerprint density at radius 2 is 1.89 bits per heavy atom. The molecule has 2 heterocycles. The zero-order valence-electron chi connectivity index (χ0n) is 25.3. The molecule has 0 radical (unpaired) electrons. The normalized spacial score (nSPS) is 21.6. The Labute approximate surface area is 257 Å². The van der Waals surface area contributed by atoms with Crippen molar-refractivity contribution < 1.29 is 53.4 Å². The van der Waals surface area contributed by atoms with Gasteiger partial charge in [0.05, 0.1) is 17.1 Å². The van der Waals surface area contributed by atoms with Gasteiger partial charge in [-0.05, 0) is 63.6 Å². The summed E-state index contributed by atoms with van der Waals surface area (Å²) in [6, 6.07) is 6.73. The predicted molar refractivity (Wildman–Crippen MR) is 160 cm³/mol. The zero-order valence-corrected chi connectivity index (χ0v) is 25.3. The van der Waals surface area contributed by atoms with Crippen molar-refractivity contribution in [2.24, 2.45) is 5.73 Å². The monoisotopic (exact) mass is 628 g/mol. The summed E-state index contributed by atoms with van der Waals surface area (Å²) in [4.78, 5) is 37.5. The lowest BCUT2D eigenvalue weighted by Crippen LogP contribution is -2.65. The van der Waals surface area contributed by atoms with Crippen LogP contribution in [0.1, 0.15) is 42.3 Å². The van der Waals surface area contributed by atoms with Gasteiger partial charge in [0, 0.05) is 24.7 Å². The quantitative estimate of drug-likeness (QED) is 0.149. The van der Waals surface area contributed by atoms with Crippen molar-refractivity contribution in [1.29, 1.82) is 0 Å². The molecule has 7 N–H and O–H groups in total. The second-order valence-corrected chi connectivity index (χ2v) is 11.3. The molecule has 14 nitrogen and oxygen atoms in total. The number of nitrogens with one attached hydrogen (secondary N) is 1. The van der Waals surface area contributed by atoms with Gasteiger partial charge in [0.25, 0.3) is 5.91 Å². The Morgan fingerprint density at radius 3 is 2.51 bits per heavy atom. The van der Waals surface area contributed by atoms with Crippen molar-refractivity contribution in [3.05, 3.63) is 69.6 Å². The minimum absolute atomic E-state index is 0.00153. The Kier molecular flexibility index (Phi) is 9.44. The van der Waals surface area contributed by atoms with Gasteiger partial charge >= 0.3 is 11.7 Å². The number of amides is 2. The Bertz CT molecular complexity index is 1700. The molecular formula is C31H36N2O12. The second-order valence-electron chi connectivity index (χ2n) is 11.3. The molecule has 4 rings (SSSR count). The first-order valence-electron chi connectivity index (χ1n) is 13.8. The molecule has 5 atom stereocenters. The van der Waals surface area contributed by atoms with Crippen molar-refractivity contribution in [2.45, 2.75) is 70.4 Å². The van der Waals surface area contributed by atoms with Crippen LogP contribution in [0.4, 0.5) is 10.5 Å². The molecule has 0 aliphatic carbocycles. The third-order valence-corrected chi connectivity index (χ3v) is 7.58. The molecule has 0 saturated carbocycles. The van der Waals surface area contributed by atoms with Gasteiger partial charge in [0.2, 0.25) is 6.29 Å². The average molecular weight is 629 g/mol. The van der Waals surface area contributed by atoms with Crippen LogP contribution >= 0.6 is 0 Å². The van der Waals surface area contributed by atoms with Crippen LogP contribution < -0.4 is 21.4 Å². The van der Waals surface area contributed by atoms with E-state index < -0.39 is 65.4 Å². The first-order valence-corrected chi connectivity index (χ1v) is 13.8. The van der Waals surface area contributed by atoms with Gasteiger partial charge in [-0.1, -0.05) is 12.2 Å². The van der Waals surface area contributed by atoms with E-state index in [0.29, 0.717) is 5.57 Å². The number of aromatic hydroxyl groups is 2. The fraction of sp³-hybridized carbons (Fsp3) is 0.387. The molecule has 1 aliphatic rings. The van der Waals surface area contributed by atoms with Crippen LogP contribution in [0.5, 0.6) is 17.2 Å². The van der Waals surface area contributed by atoms with Gasteiger partial charge in [-0.25, -0.2) is 9.59 Å². The smallest absolute Gasteiger partial charge is 0.404 e. The number of methoxy groups -OCH3 is 1. The number of fused-ring (bicyclic) bond motifs is 1. The van der Waals surface area contributed by atoms with Crippen molar-refractivity contribution in [2.75, 3.05) is 12.4 Å². The van der Waals surface area contributed by atoms with E-state index in [1.807, 2.05) is 0 Å². The zero-order chi connectivity index (χ0) is 33.4. The van der Waals surface area contributed by atoms with Crippen molar-refractivity contribution in [1.82, 2.24) is 0 Å². The van der Waals surface area contributed by atoms with Crippen LogP contribution in [0.15, 0.2) is 51.7 Å². The van der Waals surface area contributed by atoms with Gasteiger partial charge in [-0.2, -0.15) is 0 Å².